The molecule has 1 aromatic rings. The molecule has 1 heterocycles. The Bertz CT molecular complexity index is 173. The Hall–Kier alpha value is 0.439. The third-order valence-corrected chi connectivity index (χ3v) is 3.69. The molecule has 8 heavy (non-hydrogen) atoms. The molecule has 0 radical (unpaired) electrons. The van der Waals surface area contributed by atoms with Crippen LogP contribution in [0.15, 0.2) is 15.5 Å². The Morgan fingerprint density at radius 1 is 1.62 bits per heavy atom. The van der Waals surface area contributed by atoms with Gasteiger partial charge >= 0.3 is 62.1 Å². The molecule has 1 nitrogen and oxygen atoms in total. The zero-order valence-corrected chi connectivity index (χ0v) is 7.39. The van der Waals surface area contributed by atoms with Crippen molar-refractivity contribution in [1.29, 1.82) is 0 Å². The van der Waals surface area contributed by atoms with E-state index < -0.39 is 0 Å². The number of rotatable bonds is 1. The van der Waals surface area contributed by atoms with Gasteiger partial charge in [-0.15, -0.1) is 0 Å². The summed E-state index contributed by atoms with van der Waals surface area (Å²) in [4.78, 5) is 0. The zero-order valence-electron chi connectivity index (χ0n) is 4.10. The van der Waals surface area contributed by atoms with E-state index >= 15 is 0 Å². The molecule has 0 saturated carbocycles. The predicted octanol–water partition coefficient (Wildman–Crippen LogP) is 0.998. The molecular weight excluding hydrogens is 235 g/mol. The number of aliphatic hydroxyl groups excluding tert-OH is 1. The number of hydrogen-bond donors (Lipinski definition) is 1. The predicted molar refractivity (Wildman–Crippen MR) is 37.0 cm³/mol. The van der Waals surface area contributed by atoms with Crippen LogP contribution < -0.4 is 0 Å². The SMILES string of the molecule is OCc1ccc(Br)[se]1. The van der Waals surface area contributed by atoms with Crippen LogP contribution in [0.1, 0.15) is 4.44 Å². The fourth-order valence-corrected chi connectivity index (χ4v) is 2.88. The van der Waals surface area contributed by atoms with Crippen molar-refractivity contribution in [3.63, 3.8) is 0 Å². The van der Waals surface area contributed by atoms with E-state index in [2.05, 4.69) is 15.9 Å². The molecule has 1 N–H and O–H groups in total. The van der Waals surface area contributed by atoms with E-state index in [9.17, 15) is 0 Å². The van der Waals surface area contributed by atoms with Crippen molar-refractivity contribution < 1.29 is 5.11 Å². The molecule has 0 fully saturated rings. The van der Waals surface area contributed by atoms with Gasteiger partial charge < -0.3 is 0 Å². The van der Waals surface area contributed by atoms with Gasteiger partial charge in [-0.2, -0.15) is 0 Å². The van der Waals surface area contributed by atoms with Crippen LogP contribution in [0.4, 0.5) is 0 Å². The minimum atomic E-state index is 0.214. The Morgan fingerprint density at radius 3 is 2.62 bits per heavy atom. The molecule has 0 unspecified atom stereocenters. The van der Waals surface area contributed by atoms with Crippen molar-refractivity contribution in [3.8, 4) is 0 Å². The summed E-state index contributed by atoms with van der Waals surface area (Å²) in [5, 5.41) is 8.58. The van der Waals surface area contributed by atoms with E-state index in [1.165, 1.54) is 3.35 Å². The average molecular weight is 240 g/mol. The summed E-state index contributed by atoms with van der Waals surface area (Å²) in [5.41, 5.74) is 0. The van der Waals surface area contributed by atoms with E-state index in [4.69, 9.17) is 5.11 Å². The number of aliphatic hydroxyl groups is 1. The van der Waals surface area contributed by atoms with Crippen LogP contribution in [-0.4, -0.2) is 19.6 Å². The number of hydrogen-bond acceptors (Lipinski definition) is 1. The quantitative estimate of drug-likeness (QED) is 0.726. The zero-order chi connectivity index (χ0) is 5.98. The summed E-state index contributed by atoms with van der Waals surface area (Å²) < 4.78 is 2.36. The van der Waals surface area contributed by atoms with Crippen LogP contribution in [-0.2, 0) is 6.61 Å². The summed E-state index contributed by atoms with van der Waals surface area (Å²) in [6.07, 6.45) is 0. The van der Waals surface area contributed by atoms with Crippen molar-refractivity contribution in [1.82, 2.24) is 0 Å². The van der Waals surface area contributed by atoms with Crippen LogP contribution in [0, 0.1) is 0 Å². The van der Waals surface area contributed by atoms with Crippen molar-refractivity contribution in [2.24, 2.45) is 0 Å². The number of halogens is 1. The van der Waals surface area contributed by atoms with Crippen LogP contribution in [0.25, 0.3) is 0 Å². The van der Waals surface area contributed by atoms with Gasteiger partial charge in [0.1, 0.15) is 0 Å². The molecule has 1 aromatic heterocycles. The van der Waals surface area contributed by atoms with Crippen molar-refractivity contribution in [2.45, 2.75) is 6.61 Å². The standard InChI is InChI=1S/C5H5BrOSe/c6-5-2-1-4(3-7)8-5/h1-2,7H,3H2. The van der Waals surface area contributed by atoms with E-state index in [1.54, 1.807) is 0 Å². The van der Waals surface area contributed by atoms with Gasteiger partial charge in [0.15, 0.2) is 0 Å². The van der Waals surface area contributed by atoms with Gasteiger partial charge in [0.25, 0.3) is 0 Å². The summed E-state index contributed by atoms with van der Waals surface area (Å²) in [7, 11) is 0. The molecule has 0 aliphatic rings. The summed E-state index contributed by atoms with van der Waals surface area (Å²) in [6, 6.07) is 3.95. The van der Waals surface area contributed by atoms with Gasteiger partial charge in [-0.1, -0.05) is 0 Å². The topological polar surface area (TPSA) is 20.2 Å². The molecule has 0 amide bonds. The van der Waals surface area contributed by atoms with Gasteiger partial charge in [-0.05, 0) is 0 Å². The molecule has 0 aromatic carbocycles. The van der Waals surface area contributed by atoms with Gasteiger partial charge in [-0.3, -0.25) is 0 Å². The third kappa shape index (κ3) is 1.46. The first-order chi connectivity index (χ1) is 3.83. The van der Waals surface area contributed by atoms with Crippen molar-refractivity contribution in [3.05, 3.63) is 19.9 Å². The summed E-state index contributed by atoms with van der Waals surface area (Å²) in [5.74, 6) is 0. The van der Waals surface area contributed by atoms with Gasteiger partial charge in [-0.25, -0.2) is 0 Å². The Morgan fingerprint density at radius 2 is 2.38 bits per heavy atom. The molecule has 0 saturated heterocycles. The molecule has 44 valence electrons. The fraction of sp³-hybridized carbons (Fsp3) is 0.200. The van der Waals surface area contributed by atoms with Crippen molar-refractivity contribution >= 4 is 30.4 Å². The molecule has 0 spiro atoms. The Kier molecular flexibility index (Phi) is 2.32. The van der Waals surface area contributed by atoms with Crippen LogP contribution >= 0.6 is 15.9 Å². The Labute approximate surface area is 62.2 Å². The van der Waals surface area contributed by atoms with Crippen LogP contribution in [0.3, 0.4) is 0 Å². The van der Waals surface area contributed by atoms with E-state index in [0.717, 1.165) is 4.44 Å². The third-order valence-electron chi connectivity index (χ3n) is 0.785. The van der Waals surface area contributed by atoms with E-state index in [1.807, 2.05) is 12.1 Å². The van der Waals surface area contributed by atoms with Gasteiger partial charge in [0, 0.05) is 0 Å². The van der Waals surface area contributed by atoms with Crippen LogP contribution in [0.2, 0.25) is 0 Å². The second kappa shape index (κ2) is 2.83. The summed E-state index contributed by atoms with van der Waals surface area (Å²) in [6.45, 7) is 0.214. The van der Waals surface area contributed by atoms with Gasteiger partial charge in [0.05, 0.1) is 0 Å². The summed E-state index contributed by atoms with van der Waals surface area (Å²) >= 11 is 3.73. The van der Waals surface area contributed by atoms with E-state index in [-0.39, 0.29) is 6.61 Å². The normalized spacial score (nSPS) is 9.75. The van der Waals surface area contributed by atoms with Crippen LogP contribution in [0.5, 0.6) is 0 Å². The minimum absolute atomic E-state index is 0.214. The first kappa shape index (κ1) is 6.56. The first-order valence-corrected chi connectivity index (χ1v) is 4.68. The molecule has 0 aliphatic carbocycles. The maximum atomic E-state index is 8.58. The molecular formula is C5H5BrOSe. The average Bonchev–Trinajstić information content (AvgIpc) is 2.14. The monoisotopic (exact) mass is 240 g/mol. The maximum absolute atomic E-state index is 8.58. The van der Waals surface area contributed by atoms with Gasteiger partial charge in [0.2, 0.25) is 0 Å². The molecule has 3 heteroatoms. The first-order valence-electron chi connectivity index (χ1n) is 2.18. The second-order valence-electron chi connectivity index (χ2n) is 1.36. The second-order valence-corrected chi connectivity index (χ2v) is 5.85. The molecule has 0 aliphatic heterocycles. The Balaban J connectivity index is 2.84. The molecule has 0 atom stereocenters. The van der Waals surface area contributed by atoms with E-state index in [0.29, 0.717) is 14.5 Å². The molecule has 1 rings (SSSR count). The fourth-order valence-electron chi connectivity index (χ4n) is 0.437. The molecule has 0 bridgehead atoms. The van der Waals surface area contributed by atoms with Crippen molar-refractivity contribution in [2.75, 3.05) is 0 Å².